The smallest absolute Gasteiger partial charge is 0.279 e. The summed E-state index contributed by atoms with van der Waals surface area (Å²) in [4.78, 5) is 26.4. The highest BCUT2D eigenvalue weighted by Gasteiger charge is 2.30. The molecule has 0 bridgehead atoms. The van der Waals surface area contributed by atoms with E-state index in [1.807, 2.05) is 30.3 Å². The quantitative estimate of drug-likeness (QED) is 0.506. The van der Waals surface area contributed by atoms with Crippen LogP contribution in [0, 0.1) is 0 Å². The fourth-order valence-electron chi connectivity index (χ4n) is 3.14. The lowest BCUT2D eigenvalue weighted by atomic mass is 10.1. The Kier molecular flexibility index (Phi) is 5.41. The second-order valence-corrected chi connectivity index (χ2v) is 7.04. The maximum absolute atomic E-state index is 12.4. The van der Waals surface area contributed by atoms with Gasteiger partial charge in [-0.05, 0) is 35.9 Å². The van der Waals surface area contributed by atoms with Crippen molar-refractivity contribution in [3.63, 3.8) is 0 Å². The van der Waals surface area contributed by atoms with Gasteiger partial charge in [0.25, 0.3) is 11.8 Å². The van der Waals surface area contributed by atoms with Crippen molar-refractivity contribution in [2.24, 2.45) is 10.2 Å². The van der Waals surface area contributed by atoms with Gasteiger partial charge in [-0.2, -0.15) is 5.10 Å². The average Bonchev–Trinajstić information content (AvgIpc) is 2.99. The minimum atomic E-state index is -0.300. The number of benzene rings is 3. The topological polar surface area (TPSA) is 74.1 Å². The maximum Gasteiger partial charge on any atom is 0.279 e. The fourth-order valence-corrected chi connectivity index (χ4v) is 3.36. The van der Waals surface area contributed by atoms with Crippen molar-refractivity contribution in [1.82, 2.24) is 0 Å². The Morgan fingerprint density at radius 2 is 1.80 bits per heavy atom. The number of nitrogens with one attached hydrogen (secondary N) is 1. The Hall–Kier alpha value is -3.77. The van der Waals surface area contributed by atoms with E-state index in [1.165, 1.54) is 6.21 Å². The van der Waals surface area contributed by atoms with Crippen LogP contribution in [0.1, 0.15) is 21.5 Å². The first-order valence-electron chi connectivity index (χ1n) is 9.19. The minimum Gasteiger partial charge on any atom is -0.322 e. The van der Waals surface area contributed by atoms with E-state index in [-0.39, 0.29) is 11.8 Å². The molecule has 148 valence electrons. The highest BCUT2D eigenvalue weighted by molar-refractivity contribution is 6.54. The molecule has 3 aromatic rings. The third-order valence-corrected chi connectivity index (χ3v) is 4.98. The van der Waals surface area contributed by atoms with Crippen molar-refractivity contribution in [3.05, 3.63) is 94.5 Å². The number of para-hydroxylation sites is 1. The largest absolute Gasteiger partial charge is 0.322 e. The van der Waals surface area contributed by atoms with Gasteiger partial charge < -0.3 is 10.2 Å². The number of halogens is 1. The van der Waals surface area contributed by atoms with Crippen LogP contribution >= 0.6 is 11.6 Å². The lowest BCUT2D eigenvalue weighted by Crippen LogP contribution is -2.25. The van der Waals surface area contributed by atoms with Gasteiger partial charge >= 0.3 is 0 Å². The molecule has 0 atom stereocenters. The molecular formula is C23H17ClN4O2. The molecule has 0 unspecified atom stereocenters. The lowest BCUT2D eigenvalue weighted by molar-refractivity contribution is -0.111. The first-order valence-corrected chi connectivity index (χ1v) is 9.57. The van der Waals surface area contributed by atoms with Crippen LogP contribution in [-0.4, -0.2) is 30.8 Å². The third-order valence-electron chi connectivity index (χ3n) is 4.66. The van der Waals surface area contributed by atoms with Gasteiger partial charge in [-0.3, -0.25) is 9.59 Å². The molecule has 0 saturated heterocycles. The molecule has 7 heteroatoms. The summed E-state index contributed by atoms with van der Waals surface area (Å²) in [7, 11) is 1.71. The Morgan fingerprint density at radius 1 is 1.03 bits per heavy atom. The van der Waals surface area contributed by atoms with E-state index < -0.39 is 0 Å². The van der Waals surface area contributed by atoms with Crippen molar-refractivity contribution >= 4 is 46.7 Å². The number of nitrogens with zero attached hydrogens (tertiary/aromatic N) is 3. The first-order chi connectivity index (χ1) is 14.5. The summed E-state index contributed by atoms with van der Waals surface area (Å²) in [6.07, 6.45) is 1.53. The van der Waals surface area contributed by atoms with E-state index in [0.717, 1.165) is 16.8 Å². The molecule has 1 aliphatic rings. The second-order valence-electron chi connectivity index (χ2n) is 6.63. The molecule has 0 saturated carbocycles. The molecule has 1 aliphatic heterocycles. The van der Waals surface area contributed by atoms with Gasteiger partial charge in [0, 0.05) is 18.3 Å². The number of fused-ring (bicyclic) bond motifs is 1. The summed E-state index contributed by atoms with van der Waals surface area (Å²) in [5, 5.41) is 11.4. The van der Waals surface area contributed by atoms with E-state index in [4.69, 9.17) is 11.6 Å². The van der Waals surface area contributed by atoms with Crippen LogP contribution in [0.25, 0.3) is 0 Å². The minimum absolute atomic E-state index is 0.200. The van der Waals surface area contributed by atoms with Crippen molar-refractivity contribution < 1.29 is 9.59 Å². The van der Waals surface area contributed by atoms with Gasteiger partial charge in [-0.25, -0.2) is 0 Å². The highest BCUT2D eigenvalue weighted by Crippen LogP contribution is 2.27. The molecule has 0 fully saturated rings. The van der Waals surface area contributed by atoms with Gasteiger partial charge in [-0.15, -0.1) is 5.10 Å². The molecular weight excluding hydrogens is 400 g/mol. The molecule has 6 nitrogen and oxygen atoms in total. The number of rotatable bonds is 4. The zero-order chi connectivity index (χ0) is 21.1. The van der Waals surface area contributed by atoms with Crippen molar-refractivity contribution in [3.8, 4) is 0 Å². The Labute approximate surface area is 178 Å². The van der Waals surface area contributed by atoms with Gasteiger partial charge in [-0.1, -0.05) is 54.1 Å². The zero-order valence-electron chi connectivity index (χ0n) is 16.0. The fraction of sp³-hybridized carbons (Fsp3) is 0.0435. The van der Waals surface area contributed by atoms with E-state index >= 15 is 0 Å². The van der Waals surface area contributed by atoms with Crippen LogP contribution in [0.4, 0.5) is 11.4 Å². The summed E-state index contributed by atoms with van der Waals surface area (Å²) < 4.78 is 0. The zero-order valence-corrected chi connectivity index (χ0v) is 16.8. The van der Waals surface area contributed by atoms with Crippen LogP contribution in [0.15, 0.2) is 83.0 Å². The molecule has 30 heavy (non-hydrogen) atoms. The van der Waals surface area contributed by atoms with Gasteiger partial charge in [0.2, 0.25) is 0 Å². The predicted octanol–water partition coefficient (Wildman–Crippen LogP) is 4.39. The maximum atomic E-state index is 12.4. The molecule has 1 N–H and O–H groups in total. The van der Waals surface area contributed by atoms with E-state index in [0.29, 0.717) is 22.0 Å². The van der Waals surface area contributed by atoms with Crippen LogP contribution in [0.2, 0.25) is 5.02 Å². The molecule has 1 heterocycles. The molecule has 0 spiro atoms. The second kappa shape index (κ2) is 8.31. The van der Waals surface area contributed by atoms with E-state index in [2.05, 4.69) is 15.5 Å². The number of amides is 2. The Bertz CT molecular complexity index is 1200. The van der Waals surface area contributed by atoms with Crippen LogP contribution in [-0.2, 0) is 4.79 Å². The Balaban J connectivity index is 1.52. The van der Waals surface area contributed by atoms with E-state index in [9.17, 15) is 9.59 Å². The molecule has 3 aromatic carbocycles. The molecule has 0 aromatic heterocycles. The van der Waals surface area contributed by atoms with E-state index in [1.54, 1.807) is 54.4 Å². The van der Waals surface area contributed by atoms with Gasteiger partial charge in [0.05, 0.1) is 22.5 Å². The number of carbonyl (C=O) groups excluding carboxylic acids is 2. The third kappa shape index (κ3) is 3.86. The Morgan fingerprint density at radius 3 is 2.63 bits per heavy atom. The highest BCUT2D eigenvalue weighted by atomic mass is 35.5. The summed E-state index contributed by atoms with van der Waals surface area (Å²) in [5.41, 5.74) is 3.57. The number of anilines is 2. The summed E-state index contributed by atoms with van der Waals surface area (Å²) in [6, 6.07) is 21.4. The summed E-state index contributed by atoms with van der Waals surface area (Å²) >= 11 is 6.08. The van der Waals surface area contributed by atoms with Crippen LogP contribution in [0.3, 0.4) is 0 Å². The number of likely N-dealkylation sites (N-methyl/N-ethyl adjacent to an activating group) is 1. The van der Waals surface area contributed by atoms with Crippen molar-refractivity contribution in [2.75, 3.05) is 17.3 Å². The predicted molar refractivity (Wildman–Crippen MR) is 120 cm³/mol. The average molecular weight is 417 g/mol. The molecule has 4 rings (SSSR count). The van der Waals surface area contributed by atoms with Crippen LogP contribution in [0.5, 0.6) is 0 Å². The summed E-state index contributed by atoms with van der Waals surface area (Å²) in [6.45, 7) is 0. The number of hydrogen-bond acceptors (Lipinski definition) is 4. The first kappa shape index (κ1) is 19.5. The van der Waals surface area contributed by atoms with Crippen molar-refractivity contribution in [1.29, 1.82) is 0 Å². The van der Waals surface area contributed by atoms with Gasteiger partial charge in [0.1, 0.15) is 0 Å². The lowest BCUT2D eigenvalue weighted by Gasteiger charge is -2.07. The monoisotopic (exact) mass is 416 g/mol. The molecule has 0 radical (unpaired) electrons. The molecule has 0 aliphatic carbocycles. The normalized spacial score (nSPS) is 14.4. The standard InChI is InChI=1S/C23H17ClN4O2/c1-28-20-12-5-3-10-18(20)21(23(28)30)27-25-14-15-7-6-8-16(13-15)26-22(29)17-9-2-4-11-19(17)24/h2-14H,1H3,(H,26,29)/b25-14-,27-21+. The number of hydrogen-bond donors (Lipinski definition) is 1. The van der Waals surface area contributed by atoms with Gasteiger partial charge in [0.15, 0.2) is 5.71 Å². The van der Waals surface area contributed by atoms with Crippen molar-refractivity contribution in [2.45, 2.75) is 0 Å². The summed E-state index contributed by atoms with van der Waals surface area (Å²) in [5.74, 6) is -0.500. The SMILES string of the molecule is CN1C(=O)/C(=N/N=C\c2cccc(NC(=O)c3ccccc3Cl)c2)c2ccccc21. The van der Waals surface area contributed by atoms with Crippen LogP contribution < -0.4 is 10.2 Å². The number of carbonyl (C=O) groups is 2. The molecule has 2 amide bonds.